The molecule has 1 unspecified atom stereocenters. The van der Waals surface area contributed by atoms with Gasteiger partial charge < -0.3 is 10.1 Å². The van der Waals surface area contributed by atoms with Gasteiger partial charge in [-0.1, -0.05) is 36.4 Å². The summed E-state index contributed by atoms with van der Waals surface area (Å²) in [7, 11) is -2.29. The van der Waals surface area contributed by atoms with Crippen LogP contribution in [-0.2, 0) is 26.6 Å². The number of esters is 1. The van der Waals surface area contributed by atoms with Crippen LogP contribution in [0.1, 0.15) is 28.5 Å². The fourth-order valence-corrected chi connectivity index (χ4v) is 5.03. The van der Waals surface area contributed by atoms with E-state index in [2.05, 4.69) is 10.0 Å². The molecule has 0 bridgehead atoms. The second-order valence-corrected chi connectivity index (χ2v) is 10.7. The van der Waals surface area contributed by atoms with Gasteiger partial charge >= 0.3 is 5.97 Å². The van der Waals surface area contributed by atoms with Crippen LogP contribution in [0.3, 0.4) is 0 Å². The molecule has 0 spiro atoms. The third-order valence-electron chi connectivity index (χ3n) is 6.11. The lowest BCUT2D eigenvalue weighted by atomic mass is 10.2. The van der Waals surface area contributed by atoms with Crippen LogP contribution >= 0.6 is 0 Å². The highest BCUT2D eigenvalue weighted by molar-refractivity contribution is 7.92. The molecule has 11 heteroatoms. The van der Waals surface area contributed by atoms with Crippen molar-refractivity contribution in [2.24, 2.45) is 7.05 Å². The lowest BCUT2D eigenvalue weighted by Crippen LogP contribution is -2.32. The highest BCUT2D eigenvalue weighted by Gasteiger charge is 2.24. The number of anilines is 2. The number of ether oxygens (including phenoxy) is 1. The lowest BCUT2D eigenvalue weighted by molar-refractivity contribution is -0.123. The number of amides is 1. The molecule has 0 fully saturated rings. The maximum atomic E-state index is 13.1. The van der Waals surface area contributed by atoms with Crippen LogP contribution in [0.5, 0.6) is 0 Å². The number of aromatic nitrogens is 2. The largest absolute Gasteiger partial charge is 0.449 e. The number of hydrogen-bond donors (Lipinski definition) is 2. The molecular formula is C28H28N4O6S. The van der Waals surface area contributed by atoms with Gasteiger partial charge in [0.05, 0.1) is 21.8 Å². The Morgan fingerprint density at radius 1 is 0.923 bits per heavy atom. The molecular weight excluding hydrogens is 520 g/mol. The standard InChI is InChI=1S/C28H28N4O6S/c1-18-10-8-12-22(16-18)30-39(36,37)24-15-9-11-21(17-24)28(35)38-20(3)26(33)29-25-19(2)31(4)32(27(25)34)23-13-6-5-7-14-23/h5-17,20,30H,1-4H3,(H,29,33). The second kappa shape index (κ2) is 11.0. The van der Waals surface area contributed by atoms with Gasteiger partial charge in [-0.3, -0.25) is 19.0 Å². The maximum Gasteiger partial charge on any atom is 0.338 e. The van der Waals surface area contributed by atoms with Crippen molar-refractivity contribution in [3.8, 4) is 5.69 Å². The zero-order valence-electron chi connectivity index (χ0n) is 21.8. The van der Waals surface area contributed by atoms with Gasteiger partial charge in [0.25, 0.3) is 21.5 Å². The van der Waals surface area contributed by atoms with Crippen molar-refractivity contribution >= 4 is 33.3 Å². The van der Waals surface area contributed by atoms with E-state index in [4.69, 9.17) is 4.74 Å². The number of rotatable bonds is 8. The van der Waals surface area contributed by atoms with Crippen LogP contribution < -0.4 is 15.6 Å². The molecule has 39 heavy (non-hydrogen) atoms. The third-order valence-corrected chi connectivity index (χ3v) is 7.48. The Labute approximate surface area is 225 Å². The van der Waals surface area contributed by atoms with E-state index in [9.17, 15) is 22.8 Å². The molecule has 4 rings (SSSR count). The molecule has 1 aromatic heterocycles. The number of para-hydroxylation sites is 1. The summed E-state index contributed by atoms with van der Waals surface area (Å²) in [5, 5.41) is 2.56. The number of benzene rings is 3. The van der Waals surface area contributed by atoms with E-state index in [1.807, 2.05) is 19.1 Å². The van der Waals surface area contributed by atoms with Crippen LogP contribution in [-0.4, -0.2) is 35.8 Å². The van der Waals surface area contributed by atoms with Crippen LogP contribution in [0, 0.1) is 13.8 Å². The Morgan fingerprint density at radius 3 is 2.31 bits per heavy atom. The number of hydrogen-bond acceptors (Lipinski definition) is 6. The number of carbonyl (C=O) groups excluding carboxylic acids is 2. The Morgan fingerprint density at radius 2 is 1.62 bits per heavy atom. The Balaban J connectivity index is 1.48. The first kappa shape index (κ1) is 27.4. The molecule has 1 atom stereocenters. The first-order chi connectivity index (χ1) is 18.5. The van der Waals surface area contributed by atoms with E-state index in [-0.39, 0.29) is 16.1 Å². The fraction of sp³-hybridized carbons (Fsp3) is 0.179. The molecule has 10 nitrogen and oxygen atoms in total. The molecule has 3 aromatic carbocycles. The number of sulfonamides is 1. The quantitative estimate of drug-likeness (QED) is 0.323. The molecule has 2 N–H and O–H groups in total. The number of aryl methyl sites for hydroxylation is 1. The molecule has 0 saturated carbocycles. The van der Waals surface area contributed by atoms with Crippen molar-refractivity contribution in [3.05, 3.63) is 106 Å². The van der Waals surface area contributed by atoms with Gasteiger partial charge in [0, 0.05) is 12.7 Å². The van der Waals surface area contributed by atoms with Gasteiger partial charge in [-0.05, 0) is 68.8 Å². The van der Waals surface area contributed by atoms with Crippen molar-refractivity contribution in [1.82, 2.24) is 9.36 Å². The summed E-state index contributed by atoms with van der Waals surface area (Å²) in [6.07, 6.45) is -1.27. The molecule has 0 aliphatic carbocycles. The van der Waals surface area contributed by atoms with Gasteiger partial charge in [0.1, 0.15) is 5.69 Å². The highest BCUT2D eigenvalue weighted by Crippen LogP contribution is 2.19. The van der Waals surface area contributed by atoms with Gasteiger partial charge in [0.2, 0.25) is 0 Å². The maximum absolute atomic E-state index is 13.1. The SMILES string of the molecule is Cc1cccc(NS(=O)(=O)c2cccc(C(=O)OC(C)C(=O)Nc3c(C)n(C)n(-c4ccccc4)c3=O)c2)c1. The normalized spacial score (nSPS) is 12.0. The van der Waals surface area contributed by atoms with E-state index < -0.39 is 33.6 Å². The minimum atomic E-state index is -3.98. The predicted molar refractivity (Wildman–Crippen MR) is 148 cm³/mol. The summed E-state index contributed by atoms with van der Waals surface area (Å²) in [4.78, 5) is 38.5. The molecule has 4 aromatic rings. The lowest BCUT2D eigenvalue weighted by Gasteiger charge is -2.14. The van der Waals surface area contributed by atoms with Gasteiger partial charge in [-0.15, -0.1) is 0 Å². The minimum Gasteiger partial charge on any atom is -0.449 e. The van der Waals surface area contributed by atoms with Crippen LogP contribution in [0.2, 0.25) is 0 Å². The number of nitrogens with zero attached hydrogens (tertiary/aromatic N) is 2. The minimum absolute atomic E-state index is 0.0518. The van der Waals surface area contributed by atoms with Crippen molar-refractivity contribution in [2.75, 3.05) is 10.0 Å². The summed E-state index contributed by atoms with van der Waals surface area (Å²) in [5.41, 5.74) is 1.97. The van der Waals surface area contributed by atoms with Gasteiger partial charge in [0.15, 0.2) is 6.10 Å². The Kier molecular flexibility index (Phi) is 7.73. The molecule has 0 radical (unpaired) electrons. The van der Waals surface area contributed by atoms with E-state index in [0.717, 1.165) is 5.56 Å². The smallest absolute Gasteiger partial charge is 0.338 e. The van der Waals surface area contributed by atoms with E-state index in [1.165, 1.54) is 35.9 Å². The monoisotopic (exact) mass is 548 g/mol. The fourth-order valence-electron chi connectivity index (χ4n) is 3.93. The zero-order chi connectivity index (χ0) is 28.3. The summed E-state index contributed by atoms with van der Waals surface area (Å²) in [6, 6.07) is 21.1. The van der Waals surface area contributed by atoms with Crippen molar-refractivity contribution in [2.45, 2.75) is 31.8 Å². The summed E-state index contributed by atoms with van der Waals surface area (Å²) in [6.45, 7) is 4.88. The molecule has 0 aliphatic heterocycles. The highest BCUT2D eigenvalue weighted by atomic mass is 32.2. The van der Waals surface area contributed by atoms with E-state index in [1.54, 1.807) is 61.1 Å². The van der Waals surface area contributed by atoms with Gasteiger partial charge in [-0.25, -0.2) is 17.9 Å². The van der Waals surface area contributed by atoms with Gasteiger partial charge in [-0.2, -0.15) is 0 Å². The topological polar surface area (TPSA) is 128 Å². The van der Waals surface area contributed by atoms with Crippen molar-refractivity contribution < 1.29 is 22.7 Å². The summed E-state index contributed by atoms with van der Waals surface area (Å²) in [5.74, 6) is -1.60. The molecule has 0 saturated heterocycles. The second-order valence-electron chi connectivity index (χ2n) is 8.98. The van der Waals surface area contributed by atoms with Crippen molar-refractivity contribution in [3.63, 3.8) is 0 Å². The molecule has 1 heterocycles. The molecule has 202 valence electrons. The first-order valence-corrected chi connectivity index (χ1v) is 13.5. The average Bonchev–Trinajstić information content (AvgIpc) is 3.11. The summed E-state index contributed by atoms with van der Waals surface area (Å²) >= 11 is 0. The molecule has 0 aliphatic rings. The first-order valence-electron chi connectivity index (χ1n) is 12.0. The zero-order valence-corrected chi connectivity index (χ0v) is 22.7. The molecule has 1 amide bonds. The average molecular weight is 549 g/mol. The van der Waals surface area contributed by atoms with Crippen LogP contribution in [0.4, 0.5) is 11.4 Å². The number of carbonyl (C=O) groups is 2. The Bertz CT molecular complexity index is 1710. The predicted octanol–water partition coefficient (Wildman–Crippen LogP) is 3.78. The van der Waals surface area contributed by atoms with E-state index in [0.29, 0.717) is 17.1 Å². The third kappa shape index (κ3) is 5.93. The van der Waals surface area contributed by atoms with Crippen LogP contribution in [0.15, 0.2) is 88.6 Å². The van der Waals surface area contributed by atoms with E-state index >= 15 is 0 Å². The van der Waals surface area contributed by atoms with Crippen LogP contribution in [0.25, 0.3) is 5.69 Å². The Hall–Kier alpha value is -4.64. The van der Waals surface area contributed by atoms with Crippen molar-refractivity contribution in [1.29, 1.82) is 0 Å². The number of nitrogens with one attached hydrogen (secondary N) is 2. The summed E-state index contributed by atoms with van der Waals surface area (Å²) < 4.78 is 36.5.